The number of amides is 1. The highest BCUT2D eigenvalue weighted by molar-refractivity contribution is 5.89. The number of likely N-dealkylation sites (N-methyl/N-ethyl adjacent to an activating group) is 1. The molecule has 0 rings (SSSR count). The van der Waals surface area contributed by atoms with Gasteiger partial charge in [-0.1, -0.05) is 70.4 Å². The van der Waals surface area contributed by atoms with Crippen LogP contribution in [0.4, 0.5) is 0 Å². The lowest BCUT2D eigenvalue weighted by Crippen LogP contribution is -2.63. The van der Waals surface area contributed by atoms with Gasteiger partial charge >= 0.3 is 11.9 Å². The average Bonchev–Trinajstić information content (AvgIpc) is 2.69. The molecule has 0 aliphatic carbocycles. The van der Waals surface area contributed by atoms with Crippen LogP contribution in [0, 0.1) is 0 Å². The predicted molar refractivity (Wildman–Crippen MR) is 128 cm³/mol. The van der Waals surface area contributed by atoms with Crippen LogP contribution in [0.15, 0.2) is 12.2 Å². The molecule has 0 spiro atoms. The molecule has 186 valence electrons. The second-order valence-electron chi connectivity index (χ2n) is 9.62. The summed E-state index contributed by atoms with van der Waals surface area (Å²) >= 11 is 0. The van der Waals surface area contributed by atoms with E-state index in [2.05, 4.69) is 24.4 Å². The summed E-state index contributed by atoms with van der Waals surface area (Å²) in [6.45, 7) is 2.24. The highest BCUT2D eigenvalue weighted by Crippen LogP contribution is 2.12. The van der Waals surface area contributed by atoms with Crippen LogP contribution in [0.3, 0.4) is 0 Å². The van der Waals surface area contributed by atoms with Crippen molar-refractivity contribution in [3.05, 3.63) is 12.2 Å². The van der Waals surface area contributed by atoms with Gasteiger partial charge in [0.15, 0.2) is 6.04 Å². The molecule has 0 heterocycles. The first-order valence-corrected chi connectivity index (χ1v) is 12.3. The van der Waals surface area contributed by atoms with E-state index in [0.29, 0.717) is 6.42 Å². The predicted octanol–water partition coefficient (Wildman–Crippen LogP) is 4.75. The zero-order chi connectivity index (χ0) is 24.4. The standard InChI is InChI=1S/C25H46N2O5/c1-5-6-7-8-9-10-11-12-13-14-15-16-17-18-19-20-21(28)26-22(24(29)30)23(25(31)32)27(2,3)4/h12-13,22-23H,5-11,14-20H2,1-4H3,(H2-,26,28,29,30,31,32)/p+1/b13-12-. The summed E-state index contributed by atoms with van der Waals surface area (Å²) in [6, 6.07) is -2.71. The van der Waals surface area contributed by atoms with E-state index in [1.165, 1.54) is 44.9 Å². The van der Waals surface area contributed by atoms with Crippen LogP contribution in [0.2, 0.25) is 0 Å². The van der Waals surface area contributed by atoms with E-state index in [-0.39, 0.29) is 10.9 Å². The normalized spacial score (nSPS) is 13.8. The lowest BCUT2D eigenvalue weighted by Gasteiger charge is -2.34. The Bertz CT molecular complexity index is 569. The van der Waals surface area contributed by atoms with Crippen molar-refractivity contribution in [3.8, 4) is 0 Å². The first-order chi connectivity index (χ1) is 15.1. The fourth-order valence-corrected chi connectivity index (χ4v) is 3.80. The van der Waals surface area contributed by atoms with Gasteiger partial charge in [-0.15, -0.1) is 0 Å². The molecule has 0 saturated carbocycles. The molecule has 1 amide bonds. The molecule has 32 heavy (non-hydrogen) atoms. The number of carboxylic acids is 2. The van der Waals surface area contributed by atoms with Crippen LogP contribution in [0.25, 0.3) is 0 Å². The van der Waals surface area contributed by atoms with Crippen LogP contribution in [0.5, 0.6) is 0 Å². The molecule has 0 aromatic carbocycles. The number of hydrogen-bond acceptors (Lipinski definition) is 3. The number of hydrogen-bond donors (Lipinski definition) is 3. The lowest BCUT2D eigenvalue weighted by atomic mass is 10.0. The van der Waals surface area contributed by atoms with Gasteiger partial charge in [0.25, 0.3) is 0 Å². The molecule has 0 bridgehead atoms. The molecular formula is C25H47N2O5+. The fourth-order valence-electron chi connectivity index (χ4n) is 3.80. The van der Waals surface area contributed by atoms with Crippen LogP contribution in [-0.2, 0) is 14.4 Å². The smallest absolute Gasteiger partial charge is 0.365 e. The number of rotatable bonds is 20. The van der Waals surface area contributed by atoms with Crippen molar-refractivity contribution in [2.24, 2.45) is 0 Å². The molecule has 2 unspecified atom stereocenters. The minimum absolute atomic E-state index is 0.0972. The summed E-state index contributed by atoms with van der Waals surface area (Å²) in [5.74, 6) is -2.98. The number of aliphatic carboxylic acids is 2. The Balaban J connectivity index is 3.93. The monoisotopic (exact) mass is 455 g/mol. The first-order valence-electron chi connectivity index (χ1n) is 12.3. The number of nitrogens with one attached hydrogen (secondary N) is 1. The summed E-state index contributed by atoms with van der Waals surface area (Å²) in [6.07, 6.45) is 19.9. The fraction of sp³-hybridized carbons (Fsp3) is 0.800. The number of carboxylic acid groups (broad SMARTS) is 2. The maximum Gasteiger partial charge on any atom is 0.365 e. The minimum atomic E-state index is -1.46. The van der Waals surface area contributed by atoms with Crippen molar-refractivity contribution in [2.45, 2.75) is 109 Å². The Morgan fingerprint density at radius 1 is 0.750 bits per heavy atom. The molecule has 2 atom stereocenters. The van der Waals surface area contributed by atoms with Gasteiger partial charge in [-0.25, -0.2) is 9.59 Å². The molecule has 0 saturated heterocycles. The maximum atomic E-state index is 12.2. The van der Waals surface area contributed by atoms with Crippen molar-refractivity contribution in [2.75, 3.05) is 21.1 Å². The second-order valence-corrected chi connectivity index (χ2v) is 9.62. The second kappa shape index (κ2) is 17.6. The van der Waals surface area contributed by atoms with Crippen molar-refractivity contribution in [1.29, 1.82) is 0 Å². The molecular weight excluding hydrogens is 408 g/mol. The SMILES string of the molecule is CCCCCCCC/C=C\CCCCCCCC(=O)NC(C(=O)O)C(C(=O)O)[N+](C)(C)C. The topological polar surface area (TPSA) is 104 Å². The van der Waals surface area contributed by atoms with Gasteiger partial charge in [0.1, 0.15) is 0 Å². The summed E-state index contributed by atoms with van der Waals surface area (Å²) in [4.78, 5) is 35.3. The van der Waals surface area contributed by atoms with Gasteiger partial charge in [0.2, 0.25) is 11.9 Å². The van der Waals surface area contributed by atoms with Gasteiger partial charge in [-0.05, 0) is 32.1 Å². The third-order valence-electron chi connectivity index (χ3n) is 5.65. The van der Waals surface area contributed by atoms with Crippen molar-refractivity contribution < 1.29 is 29.1 Å². The molecule has 7 nitrogen and oxygen atoms in total. The van der Waals surface area contributed by atoms with E-state index in [1.54, 1.807) is 21.1 Å². The molecule has 0 fully saturated rings. The average molecular weight is 456 g/mol. The van der Waals surface area contributed by atoms with Crippen molar-refractivity contribution in [3.63, 3.8) is 0 Å². The zero-order valence-electron chi connectivity index (χ0n) is 20.8. The van der Waals surface area contributed by atoms with Gasteiger partial charge < -0.3 is 20.0 Å². The summed E-state index contributed by atoms with van der Waals surface area (Å²) < 4.78 is -0.0972. The maximum absolute atomic E-state index is 12.2. The highest BCUT2D eigenvalue weighted by atomic mass is 16.4. The Morgan fingerprint density at radius 2 is 1.22 bits per heavy atom. The molecule has 7 heteroatoms. The van der Waals surface area contributed by atoms with Crippen LogP contribution >= 0.6 is 0 Å². The highest BCUT2D eigenvalue weighted by Gasteiger charge is 2.44. The first kappa shape index (κ1) is 30.1. The molecule has 0 radical (unpaired) electrons. The van der Waals surface area contributed by atoms with E-state index in [4.69, 9.17) is 0 Å². The summed E-state index contributed by atoms with van der Waals surface area (Å²) in [5.41, 5.74) is 0. The molecule has 3 N–H and O–H groups in total. The lowest BCUT2D eigenvalue weighted by molar-refractivity contribution is -0.887. The summed E-state index contributed by atoms with van der Waals surface area (Å²) in [7, 11) is 4.81. The molecule has 0 aliphatic heterocycles. The summed E-state index contributed by atoms with van der Waals surface area (Å²) in [5, 5.41) is 21.2. The Morgan fingerprint density at radius 3 is 1.66 bits per heavy atom. The van der Waals surface area contributed by atoms with E-state index >= 15 is 0 Å². The molecule has 0 aliphatic rings. The quantitative estimate of drug-likeness (QED) is 0.140. The van der Waals surface area contributed by atoms with Gasteiger partial charge in [0.05, 0.1) is 21.1 Å². The van der Waals surface area contributed by atoms with E-state index < -0.39 is 29.9 Å². The minimum Gasteiger partial charge on any atom is -0.480 e. The Hall–Kier alpha value is -1.89. The molecule has 0 aromatic rings. The third kappa shape index (κ3) is 15.0. The third-order valence-corrected chi connectivity index (χ3v) is 5.65. The van der Waals surface area contributed by atoms with Gasteiger partial charge in [-0.2, -0.15) is 0 Å². The van der Waals surface area contributed by atoms with Crippen LogP contribution in [-0.4, -0.2) is 65.8 Å². The number of unbranched alkanes of at least 4 members (excludes halogenated alkanes) is 11. The van der Waals surface area contributed by atoms with Crippen LogP contribution < -0.4 is 5.32 Å². The number of allylic oxidation sites excluding steroid dienone is 2. The number of quaternary nitrogens is 1. The van der Waals surface area contributed by atoms with Gasteiger partial charge in [0, 0.05) is 6.42 Å². The Kier molecular flexibility index (Phi) is 16.6. The zero-order valence-corrected chi connectivity index (χ0v) is 20.8. The number of carbonyl (C=O) groups excluding carboxylic acids is 1. The van der Waals surface area contributed by atoms with E-state index in [9.17, 15) is 24.6 Å². The van der Waals surface area contributed by atoms with Crippen molar-refractivity contribution in [1.82, 2.24) is 5.32 Å². The molecule has 0 aromatic heterocycles. The Labute approximate surface area is 194 Å². The number of nitrogens with zero attached hydrogens (tertiary/aromatic N) is 1. The van der Waals surface area contributed by atoms with Crippen LogP contribution in [0.1, 0.15) is 96.8 Å². The largest absolute Gasteiger partial charge is 0.480 e. The van der Waals surface area contributed by atoms with Gasteiger partial charge in [-0.3, -0.25) is 4.79 Å². The van der Waals surface area contributed by atoms with Crippen molar-refractivity contribution >= 4 is 17.8 Å². The van der Waals surface area contributed by atoms with E-state index in [0.717, 1.165) is 32.1 Å². The number of carbonyl (C=O) groups is 3. The van der Waals surface area contributed by atoms with E-state index in [1.807, 2.05) is 0 Å².